The van der Waals surface area contributed by atoms with Crippen LogP contribution in [0.5, 0.6) is 0 Å². The summed E-state index contributed by atoms with van der Waals surface area (Å²) in [4.78, 5) is 25.5. The first-order valence-corrected chi connectivity index (χ1v) is 6.13. The van der Waals surface area contributed by atoms with Crippen LogP contribution in [0.1, 0.15) is 33.0 Å². The standard InChI is InChI=1S/C13H18N2O3/c1-9(2)6-7-15-11(16)13(3,14-12(15)17)10-5-4-8-18-10/h4-5,8-9H,6-7H2,1-3H3,(H,14,17)/t13-/m1/s1. The van der Waals surface area contributed by atoms with Crippen molar-refractivity contribution >= 4 is 11.9 Å². The number of imide groups is 1. The largest absolute Gasteiger partial charge is 0.466 e. The Kier molecular flexibility index (Phi) is 3.15. The van der Waals surface area contributed by atoms with E-state index >= 15 is 0 Å². The molecule has 0 unspecified atom stereocenters. The van der Waals surface area contributed by atoms with Gasteiger partial charge in [0, 0.05) is 6.54 Å². The molecule has 0 aliphatic carbocycles. The Morgan fingerprint density at radius 3 is 2.72 bits per heavy atom. The van der Waals surface area contributed by atoms with E-state index in [0.29, 0.717) is 18.2 Å². The van der Waals surface area contributed by atoms with Gasteiger partial charge >= 0.3 is 6.03 Å². The van der Waals surface area contributed by atoms with Gasteiger partial charge in [-0.05, 0) is 31.4 Å². The lowest BCUT2D eigenvalue weighted by molar-refractivity contribution is -0.131. The maximum absolute atomic E-state index is 12.3. The van der Waals surface area contributed by atoms with Crippen molar-refractivity contribution in [1.29, 1.82) is 0 Å². The molecule has 98 valence electrons. The first-order valence-electron chi connectivity index (χ1n) is 6.13. The van der Waals surface area contributed by atoms with Gasteiger partial charge < -0.3 is 9.73 Å². The lowest BCUT2D eigenvalue weighted by Crippen LogP contribution is -2.40. The number of carbonyl (C=O) groups is 2. The zero-order valence-electron chi connectivity index (χ0n) is 10.9. The zero-order valence-corrected chi connectivity index (χ0v) is 10.9. The summed E-state index contributed by atoms with van der Waals surface area (Å²) in [6.45, 7) is 6.23. The molecule has 18 heavy (non-hydrogen) atoms. The molecule has 1 atom stereocenters. The van der Waals surface area contributed by atoms with Crippen LogP contribution in [-0.4, -0.2) is 23.4 Å². The number of nitrogens with one attached hydrogen (secondary N) is 1. The second kappa shape index (κ2) is 4.48. The molecule has 1 aromatic rings. The van der Waals surface area contributed by atoms with Crippen LogP contribution in [0.4, 0.5) is 4.79 Å². The highest BCUT2D eigenvalue weighted by atomic mass is 16.3. The minimum atomic E-state index is -1.07. The molecule has 0 saturated carbocycles. The number of furan rings is 1. The third kappa shape index (κ3) is 2.00. The third-order valence-electron chi connectivity index (χ3n) is 3.22. The monoisotopic (exact) mass is 250 g/mol. The van der Waals surface area contributed by atoms with E-state index < -0.39 is 5.54 Å². The number of hydrogen-bond acceptors (Lipinski definition) is 3. The fourth-order valence-corrected chi connectivity index (χ4v) is 2.02. The lowest BCUT2D eigenvalue weighted by Gasteiger charge is -2.19. The molecule has 2 rings (SSSR count). The molecule has 1 aromatic heterocycles. The Bertz CT molecular complexity index is 453. The summed E-state index contributed by atoms with van der Waals surface area (Å²) >= 11 is 0. The van der Waals surface area contributed by atoms with Crippen LogP contribution in [0.2, 0.25) is 0 Å². The SMILES string of the molecule is CC(C)CCN1C(=O)N[C@](C)(c2ccco2)C1=O. The summed E-state index contributed by atoms with van der Waals surface area (Å²) < 4.78 is 5.25. The molecular formula is C13H18N2O3. The van der Waals surface area contributed by atoms with Crippen molar-refractivity contribution in [2.75, 3.05) is 6.54 Å². The predicted octanol–water partition coefficient (Wildman–Crippen LogP) is 2.09. The minimum absolute atomic E-state index is 0.247. The Balaban J connectivity index is 2.18. The lowest BCUT2D eigenvalue weighted by atomic mass is 9.99. The summed E-state index contributed by atoms with van der Waals surface area (Å²) in [7, 11) is 0. The van der Waals surface area contributed by atoms with Crippen molar-refractivity contribution in [2.24, 2.45) is 5.92 Å². The van der Waals surface area contributed by atoms with E-state index in [-0.39, 0.29) is 11.9 Å². The molecule has 3 amide bonds. The van der Waals surface area contributed by atoms with Gasteiger partial charge in [0.05, 0.1) is 6.26 Å². The van der Waals surface area contributed by atoms with E-state index in [1.54, 1.807) is 19.1 Å². The molecule has 0 aromatic carbocycles. The van der Waals surface area contributed by atoms with Gasteiger partial charge in [-0.2, -0.15) is 0 Å². The van der Waals surface area contributed by atoms with Gasteiger partial charge in [-0.25, -0.2) is 4.79 Å². The molecule has 5 heteroatoms. The van der Waals surface area contributed by atoms with Crippen LogP contribution in [0.25, 0.3) is 0 Å². The van der Waals surface area contributed by atoms with Crippen molar-refractivity contribution < 1.29 is 14.0 Å². The summed E-state index contributed by atoms with van der Waals surface area (Å²) in [5, 5.41) is 2.70. The topological polar surface area (TPSA) is 62.6 Å². The van der Waals surface area contributed by atoms with Crippen LogP contribution in [-0.2, 0) is 10.3 Å². The molecule has 5 nitrogen and oxygen atoms in total. The number of hydrogen-bond donors (Lipinski definition) is 1. The van der Waals surface area contributed by atoms with Gasteiger partial charge in [0.2, 0.25) is 0 Å². The first kappa shape index (κ1) is 12.7. The molecule has 0 radical (unpaired) electrons. The van der Waals surface area contributed by atoms with Crippen molar-refractivity contribution in [2.45, 2.75) is 32.7 Å². The van der Waals surface area contributed by atoms with E-state index in [1.807, 2.05) is 0 Å². The maximum atomic E-state index is 12.3. The second-order valence-electron chi connectivity index (χ2n) is 5.17. The quantitative estimate of drug-likeness (QED) is 0.832. The number of urea groups is 1. The predicted molar refractivity (Wildman–Crippen MR) is 65.8 cm³/mol. The molecule has 0 spiro atoms. The van der Waals surface area contributed by atoms with Gasteiger partial charge in [0.15, 0.2) is 5.54 Å². The smallest absolute Gasteiger partial charge is 0.325 e. The Morgan fingerprint density at radius 1 is 1.44 bits per heavy atom. The number of amides is 3. The summed E-state index contributed by atoms with van der Waals surface area (Å²) in [6, 6.07) is 3.06. The number of carbonyl (C=O) groups excluding carboxylic acids is 2. The number of nitrogens with zero attached hydrogens (tertiary/aromatic N) is 1. The highest BCUT2D eigenvalue weighted by Crippen LogP contribution is 2.29. The highest BCUT2D eigenvalue weighted by molar-refractivity contribution is 6.06. The molecule has 0 bridgehead atoms. The van der Waals surface area contributed by atoms with Crippen molar-refractivity contribution in [1.82, 2.24) is 10.2 Å². The van der Waals surface area contributed by atoms with Crippen LogP contribution in [0.3, 0.4) is 0 Å². The van der Waals surface area contributed by atoms with Crippen molar-refractivity contribution in [3.05, 3.63) is 24.2 Å². The van der Waals surface area contributed by atoms with E-state index in [0.717, 1.165) is 6.42 Å². The summed E-state index contributed by atoms with van der Waals surface area (Å²) in [5.41, 5.74) is -1.07. The van der Waals surface area contributed by atoms with Crippen LogP contribution >= 0.6 is 0 Å². The van der Waals surface area contributed by atoms with E-state index in [4.69, 9.17) is 4.42 Å². The van der Waals surface area contributed by atoms with Gasteiger partial charge in [0.1, 0.15) is 5.76 Å². The maximum Gasteiger partial charge on any atom is 0.325 e. The second-order valence-corrected chi connectivity index (χ2v) is 5.17. The first-order chi connectivity index (χ1) is 8.45. The van der Waals surface area contributed by atoms with Gasteiger partial charge in [-0.1, -0.05) is 13.8 Å². The fourth-order valence-electron chi connectivity index (χ4n) is 2.02. The van der Waals surface area contributed by atoms with Crippen LogP contribution in [0.15, 0.2) is 22.8 Å². The average molecular weight is 250 g/mol. The van der Waals surface area contributed by atoms with E-state index in [2.05, 4.69) is 19.2 Å². The van der Waals surface area contributed by atoms with Crippen molar-refractivity contribution in [3.63, 3.8) is 0 Å². The molecule has 1 saturated heterocycles. The average Bonchev–Trinajstić information content (AvgIpc) is 2.87. The fraction of sp³-hybridized carbons (Fsp3) is 0.538. The molecule has 1 fully saturated rings. The zero-order chi connectivity index (χ0) is 13.3. The normalized spacial score (nSPS) is 23.9. The summed E-state index contributed by atoms with van der Waals surface area (Å²) in [6.07, 6.45) is 2.30. The van der Waals surface area contributed by atoms with Gasteiger partial charge in [-0.15, -0.1) is 0 Å². The van der Waals surface area contributed by atoms with E-state index in [1.165, 1.54) is 11.2 Å². The highest BCUT2D eigenvalue weighted by Gasteiger charge is 2.50. The van der Waals surface area contributed by atoms with E-state index in [9.17, 15) is 9.59 Å². The molecule has 1 aliphatic heterocycles. The Labute approximate surface area is 106 Å². The molecular weight excluding hydrogens is 232 g/mol. The Morgan fingerprint density at radius 2 is 2.17 bits per heavy atom. The molecule has 2 heterocycles. The number of rotatable bonds is 4. The van der Waals surface area contributed by atoms with Gasteiger partial charge in [0.25, 0.3) is 5.91 Å². The molecule has 1 aliphatic rings. The van der Waals surface area contributed by atoms with Crippen LogP contribution in [0, 0.1) is 5.92 Å². The van der Waals surface area contributed by atoms with Gasteiger partial charge in [-0.3, -0.25) is 9.69 Å². The summed E-state index contributed by atoms with van der Waals surface area (Å²) in [5.74, 6) is 0.664. The van der Waals surface area contributed by atoms with Crippen molar-refractivity contribution in [3.8, 4) is 0 Å². The molecule has 1 N–H and O–H groups in total. The Hall–Kier alpha value is -1.78. The third-order valence-corrected chi connectivity index (χ3v) is 3.22. The minimum Gasteiger partial charge on any atom is -0.466 e. The van der Waals surface area contributed by atoms with Crippen LogP contribution < -0.4 is 5.32 Å².